The lowest BCUT2D eigenvalue weighted by atomic mass is 10.2. The van der Waals surface area contributed by atoms with E-state index < -0.39 is 41.1 Å². The highest BCUT2D eigenvalue weighted by Gasteiger charge is 2.20. The van der Waals surface area contributed by atoms with Gasteiger partial charge in [0, 0.05) is 13.0 Å². The van der Waals surface area contributed by atoms with Crippen molar-refractivity contribution in [3.8, 4) is 0 Å². The molecule has 116 valence electrons. The molecular formula is C12H16N2O6S. The van der Waals surface area contributed by atoms with Gasteiger partial charge >= 0.3 is 5.97 Å². The van der Waals surface area contributed by atoms with E-state index in [1.165, 1.54) is 24.3 Å². The topological polar surface area (TPSA) is 133 Å². The Kier molecular flexibility index (Phi) is 6.28. The molecule has 0 saturated carbocycles. The van der Waals surface area contributed by atoms with E-state index in [1.807, 2.05) is 0 Å². The number of carboxylic acid groups (broad SMARTS) is 1. The molecule has 21 heavy (non-hydrogen) atoms. The number of carbonyl (C=O) groups excluding carboxylic acids is 1. The van der Waals surface area contributed by atoms with Crippen LogP contribution in [0.4, 0.5) is 0 Å². The number of benzene rings is 1. The smallest absolute Gasteiger partial charge is 0.326 e. The van der Waals surface area contributed by atoms with Crippen molar-refractivity contribution in [3.63, 3.8) is 0 Å². The number of carboxylic acids is 1. The minimum Gasteiger partial charge on any atom is -0.480 e. The highest BCUT2D eigenvalue weighted by atomic mass is 32.2. The molecule has 1 rings (SSSR count). The number of aliphatic carboxylic acids is 1. The number of hydrogen-bond donors (Lipinski definition) is 4. The quantitative estimate of drug-likeness (QED) is 0.482. The van der Waals surface area contributed by atoms with Crippen molar-refractivity contribution in [2.45, 2.75) is 17.4 Å². The minimum absolute atomic E-state index is 0.00272. The molecule has 0 aromatic heterocycles. The van der Waals surface area contributed by atoms with Crippen molar-refractivity contribution in [1.29, 1.82) is 0 Å². The fourth-order valence-electron chi connectivity index (χ4n) is 1.48. The number of rotatable bonds is 8. The summed E-state index contributed by atoms with van der Waals surface area (Å²) >= 11 is 0. The highest BCUT2D eigenvalue weighted by Crippen LogP contribution is 2.06. The third-order valence-electron chi connectivity index (χ3n) is 2.53. The maximum absolute atomic E-state index is 11.8. The predicted molar refractivity (Wildman–Crippen MR) is 72.9 cm³/mol. The Morgan fingerprint density at radius 2 is 1.81 bits per heavy atom. The maximum atomic E-state index is 11.8. The zero-order valence-electron chi connectivity index (χ0n) is 11.0. The van der Waals surface area contributed by atoms with Crippen LogP contribution in [0.25, 0.3) is 0 Å². The lowest BCUT2D eigenvalue weighted by Gasteiger charge is -2.13. The van der Waals surface area contributed by atoms with Gasteiger partial charge in [-0.1, -0.05) is 18.2 Å². The van der Waals surface area contributed by atoms with Crippen molar-refractivity contribution in [3.05, 3.63) is 30.3 Å². The standard InChI is InChI=1S/C12H16N2O6S/c15-7-6-10(12(17)18)14-11(16)8-13-21(19,20)9-4-2-1-3-5-9/h1-5,10,13,15H,6-8H2,(H,14,16)(H,17,18). The van der Waals surface area contributed by atoms with E-state index in [9.17, 15) is 18.0 Å². The third-order valence-corrected chi connectivity index (χ3v) is 3.94. The number of hydrogen-bond acceptors (Lipinski definition) is 5. The summed E-state index contributed by atoms with van der Waals surface area (Å²) in [5, 5.41) is 19.6. The first-order valence-electron chi connectivity index (χ1n) is 6.04. The molecule has 0 bridgehead atoms. The molecule has 9 heteroatoms. The molecule has 0 aliphatic carbocycles. The molecular weight excluding hydrogens is 300 g/mol. The molecule has 0 aliphatic heterocycles. The average molecular weight is 316 g/mol. The summed E-state index contributed by atoms with van der Waals surface area (Å²) in [5.74, 6) is -2.10. The average Bonchev–Trinajstić information content (AvgIpc) is 2.45. The van der Waals surface area contributed by atoms with Crippen LogP contribution in [0.1, 0.15) is 6.42 Å². The SMILES string of the molecule is O=C(CNS(=O)(=O)c1ccccc1)NC(CCO)C(=O)O. The molecule has 0 spiro atoms. The van der Waals surface area contributed by atoms with Crippen LogP contribution in [0.5, 0.6) is 0 Å². The molecule has 0 saturated heterocycles. The van der Waals surface area contributed by atoms with Crippen molar-refractivity contribution in [1.82, 2.24) is 10.0 Å². The van der Waals surface area contributed by atoms with E-state index in [-0.39, 0.29) is 11.3 Å². The molecule has 1 aromatic rings. The normalized spacial score (nSPS) is 12.6. The fourth-order valence-corrected chi connectivity index (χ4v) is 2.48. The van der Waals surface area contributed by atoms with Crippen LogP contribution < -0.4 is 10.0 Å². The zero-order valence-corrected chi connectivity index (χ0v) is 11.8. The monoisotopic (exact) mass is 316 g/mol. The van der Waals surface area contributed by atoms with Crippen LogP contribution in [0.3, 0.4) is 0 Å². The van der Waals surface area contributed by atoms with Crippen LogP contribution >= 0.6 is 0 Å². The second-order valence-corrected chi connectivity index (χ2v) is 5.88. The van der Waals surface area contributed by atoms with Crippen LogP contribution in [0, 0.1) is 0 Å². The highest BCUT2D eigenvalue weighted by molar-refractivity contribution is 7.89. The van der Waals surface area contributed by atoms with Gasteiger partial charge in [-0.15, -0.1) is 0 Å². The first-order valence-corrected chi connectivity index (χ1v) is 7.53. The summed E-state index contributed by atoms with van der Waals surface area (Å²) < 4.78 is 25.7. The van der Waals surface area contributed by atoms with Crippen molar-refractivity contribution in [2.24, 2.45) is 0 Å². The Hall–Kier alpha value is -1.97. The number of aliphatic hydroxyl groups is 1. The van der Waals surface area contributed by atoms with E-state index in [4.69, 9.17) is 10.2 Å². The molecule has 8 nitrogen and oxygen atoms in total. The van der Waals surface area contributed by atoms with E-state index in [0.717, 1.165) is 0 Å². The minimum atomic E-state index is -3.83. The van der Waals surface area contributed by atoms with E-state index in [2.05, 4.69) is 10.0 Å². The summed E-state index contributed by atoms with van der Waals surface area (Å²) in [6.45, 7) is -1.00. The van der Waals surface area contributed by atoms with Gasteiger partial charge in [-0.05, 0) is 12.1 Å². The first-order chi connectivity index (χ1) is 9.86. The largest absolute Gasteiger partial charge is 0.480 e. The number of amides is 1. The maximum Gasteiger partial charge on any atom is 0.326 e. The fraction of sp³-hybridized carbons (Fsp3) is 0.333. The van der Waals surface area contributed by atoms with E-state index >= 15 is 0 Å². The van der Waals surface area contributed by atoms with Gasteiger partial charge in [0.2, 0.25) is 15.9 Å². The third kappa shape index (κ3) is 5.50. The summed E-state index contributed by atoms with van der Waals surface area (Å²) in [6.07, 6.45) is -0.160. The second kappa shape index (κ2) is 7.72. The number of sulfonamides is 1. The molecule has 1 atom stereocenters. The lowest BCUT2D eigenvalue weighted by molar-refractivity contribution is -0.142. The van der Waals surface area contributed by atoms with E-state index in [0.29, 0.717) is 0 Å². The summed E-state index contributed by atoms with van der Waals surface area (Å²) in [7, 11) is -3.83. The van der Waals surface area contributed by atoms with Gasteiger partial charge in [-0.25, -0.2) is 17.9 Å². The Bertz CT molecular complexity index is 587. The van der Waals surface area contributed by atoms with Crippen LogP contribution in [-0.2, 0) is 19.6 Å². The predicted octanol–water partition coefficient (Wildman–Crippen LogP) is -1.08. The van der Waals surface area contributed by atoms with Crippen LogP contribution in [0.2, 0.25) is 0 Å². The van der Waals surface area contributed by atoms with Gasteiger partial charge < -0.3 is 15.5 Å². The lowest BCUT2D eigenvalue weighted by Crippen LogP contribution is -2.45. The van der Waals surface area contributed by atoms with Crippen LogP contribution in [0.15, 0.2) is 35.2 Å². The van der Waals surface area contributed by atoms with Crippen molar-refractivity contribution >= 4 is 21.9 Å². The molecule has 4 N–H and O–H groups in total. The van der Waals surface area contributed by atoms with Crippen molar-refractivity contribution < 1.29 is 28.2 Å². The van der Waals surface area contributed by atoms with Crippen molar-refractivity contribution in [2.75, 3.05) is 13.2 Å². The first kappa shape index (κ1) is 17.1. The number of aliphatic hydroxyl groups excluding tert-OH is 1. The van der Waals surface area contributed by atoms with Gasteiger partial charge in [0.05, 0.1) is 11.4 Å². The number of nitrogens with one attached hydrogen (secondary N) is 2. The second-order valence-electron chi connectivity index (χ2n) is 4.11. The van der Waals surface area contributed by atoms with E-state index in [1.54, 1.807) is 6.07 Å². The molecule has 0 radical (unpaired) electrons. The Morgan fingerprint density at radius 3 is 2.33 bits per heavy atom. The Labute approximate surface area is 121 Å². The van der Waals surface area contributed by atoms with Gasteiger partial charge in [0.1, 0.15) is 6.04 Å². The van der Waals surface area contributed by atoms with Crippen LogP contribution in [-0.4, -0.2) is 49.7 Å². The zero-order chi connectivity index (χ0) is 15.9. The molecule has 1 amide bonds. The summed E-state index contributed by atoms with van der Waals surface area (Å²) in [6, 6.07) is 6.20. The molecule has 0 heterocycles. The summed E-state index contributed by atoms with van der Waals surface area (Å²) in [5.41, 5.74) is 0. The van der Waals surface area contributed by atoms with Gasteiger partial charge in [0.15, 0.2) is 0 Å². The van der Waals surface area contributed by atoms with Gasteiger partial charge in [0.25, 0.3) is 0 Å². The Morgan fingerprint density at radius 1 is 1.19 bits per heavy atom. The molecule has 0 aliphatic rings. The Balaban J connectivity index is 2.58. The molecule has 0 fully saturated rings. The van der Waals surface area contributed by atoms with Gasteiger partial charge in [-0.3, -0.25) is 4.79 Å². The molecule has 1 unspecified atom stereocenters. The van der Waals surface area contributed by atoms with Gasteiger partial charge in [-0.2, -0.15) is 0 Å². The summed E-state index contributed by atoms with van der Waals surface area (Å²) in [4.78, 5) is 22.3. The molecule has 1 aromatic carbocycles. The number of carbonyl (C=O) groups is 2.